The Balaban J connectivity index is 2.58. The number of allylic oxidation sites excluding steroid dienone is 1. The number of amides is 1. The number of hydrogen-bond donors (Lipinski definition) is 1. The molecule has 1 aliphatic rings. The van der Waals surface area contributed by atoms with Crippen LogP contribution in [-0.4, -0.2) is 10.9 Å². The number of alkyl halides is 1. The summed E-state index contributed by atoms with van der Waals surface area (Å²) in [5, 5.41) is 2.32. The van der Waals surface area contributed by atoms with Crippen molar-refractivity contribution in [2.45, 2.75) is 5.38 Å². The van der Waals surface area contributed by atoms with E-state index in [-0.39, 0.29) is 11.3 Å². The molecule has 4 heteroatoms. The summed E-state index contributed by atoms with van der Waals surface area (Å²) in [6.07, 6.45) is 6.43. The highest BCUT2D eigenvalue weighted by molar-refractivity contribution is 6.23. The van der Waals surface area contributed by atoms with Crippen LogP contribution in [0.1, 0.15) is 21.3 Å². The molecular formula is C9H7ClN2O. The Bertz CT molecular complexity index is 376. The summed E-state index contributed by atoms with van der Waals surface area (Å²) in [6.45, 7) is 0. The first kappa shape index (κ1) is 8.26. The Kier molecular flexibility index (Phi) is 2.02. The van der Waals surface area contributed by atoms with Crippen LogP contribution in [0.3, 0.4) is 0 Å². The quantitative estimate of drug-likeness (QED) is 0.638. The van der Waals surface area contributed by atoms with E-state index in [1.807, 2.05) is 0 Å². The maximum Gasteiger partial charge on any atom is 0.257 e. The van der Waals surface area contributed by atoms with Crippen molar-refractivity contribution in [1.82, 2.24) is 10.3 Å². The Morgan fingerprint density at radius 1 is 1.54 bits per heavy atom. The molecule has 1 N–H and O–H groups in total. The van der Waals surface area contributed by atoms with Gasteiger partial charge in [-0.15, -0.1) is 11.6 Å². The van der Waals surface area contributed by atoms with Crippen molar-refractivity contribution in [3.8, 4) is 0 Å². The molecule has 0 saturated carbocycles. The molecule has 13 heavy (non-hydrogen) atoms. The molecule has 2 rings (SSSR count). The number of carbonyl (C=O) groups is 1. The van der Waals surface area contributed by atoms with Crippen molar-refractivity contribution in [3.63, 3.8) is 0 Å². The zero-order valence-corrected chi connectivity index (χ0v) is 7.45. The third kappa shape index (κ3) is 1.42. The highest BCUT2D eigenvalue weighted by Crippen LogP contribution is 2.25. The van der Waals surface area contributed by atoms with Gasteiger partial charge in [0.15, 0.2) is 0 Å². The highest BCUT2D eigenvalue weighted by Gasteiger charge is 2.17. The van der Waals surface area contributed by atoms with E-state index in [1.165, 1.54) is 6.20 Å². The Morgan fingerprint density at radius 2 is 2.38 bits per heavy atom. The number of pyridine rings is 1. The lowest BCUT2D eigenvalue weighted by molar-refractivity contribution is 0.0970. The molecule has 1 amide bonds. The Morgan fingerprint density at radius 3 is 3.23 bits per heavy atom. The summed E-state index contributed by atoms with van der Waals surface area (Å²) < 4.78 is 0. The van der Waals surface area contributed by atoms with Gasteiger partial charge in [-0.25, -0.2) is 0 Å². The third-order valence-corrected chi connectivity index (χ3v) is 2.26. The molecule has 0 fully saturated rings. The van der Waals surface area contributed by atoms with Gasteiger partial charge in [0.1, 0.15) is 0 Å². The molecule has 1 aliphatic heterocycles. The van der Waals surface area contributed by atoms with Gasteiger partial charge in [-0.05, 0) is 17.7 Å². The van der Waals surface area contributed by atoms with Crippen LogP contribution in [-0.2, 0) is 0 Å². The molecule has 0 spiro atoms. The second-order valence-electron chi connectivity index (χ2n) is 2.70. The highest BCUT2D eigenvalue weighted by atomic mass is 35.5. The van der Waals surface area contributed by atoms with Crippen molar-refractivity contribution in [3.05, 3.63) is 41.9 Å². The SMILES string of the molecule is O=C1NC=CC(Cl)c2ccncc21. The molecule has 0 aromatic carbocycles. The van der Waals surface area contributed by atoms with E-state index >= 15 is 0 Å². The molecule has 66 valence electrons. The molecule has 0 aliphatic carbocycles. The normalized spacial score (nSPS) is 20.4. The smallest absolute Gasteiger partial charge is 0.257 e. The molecular weight excluding hydrogens is 188 g/mol. The second-order valence-corrected chi connectivity index (χ2v) is 3.17. The number of fused-ring (bicyclic) bond motifs is 1. The number of carbonyl (C=O) groups excluding carboxylic acids is 1. The van der Waals surface area contributed by atoms with Crippen LogP contribution in [0.2, 0.25) is 0 Å². The van der Waals surface area contributed by atoms with E-state index in [0.29, 0.717) is 5.56 Å². The fraction of sp³-hybridized carbons (Fsp3) is 0.111. The van der Waals surface area contributed by atoms with E-state index < -0.39 is 0 Å². The van der Waals surface area contributed by atoms with Crippen LogP contribution < -0.4 is 5.32 Å². The minimum atomic E-state index is -0.267. The van der Waals surface area contributed by atoms with Crippen molar-refractivity contribution in [2.75, 3.05) is 0 Å². The van der Waals surface area contributed by atoms with Crippen LogP contribution in [0, 0.1) is 0 Å². The van der Waals surface area contributed by atoms with Gasteiger partial charge >= 0.3 is 0 Å². The van der Waals surface area contributed by atoms with Gasteiger partial charge in [-0.2, -0.15) is 0 Å². The van der Waals surface area contributed by atoms with E-state index in [4.69, 9.17) is 11.6 Å². The third-order valence-electron chi connectivity index (χ3n) is 1.88. The first-order valence-electron chi connectivity index (χ1n) is 3.84. The van der Waals surface area contributed by atoms with E-state index in [1.54, 1.807) is 24.5 Å². The van der Waals surface area contributed by atoms with Crippen molar-refractivity contribution < 1.29 is 4.79 Å². The number of rotatable bonds is 0. The molecule has 1 atom stereocenters. The van der Waals surface area contributed by atoms with Gasteiger partial charge in [0.2, 0.25) is 0 Å². The molecule has 2 heterocycles. The van der Waals surface area contributed by atoms with Gasteiger partial charge in [0, 0.05) is 18.6 Å². The lowest BCUT2D eigenvalue weighted by Gasteiger charge is -2.05. The minimum Gasteiger partial charge on any atom is -0.329 e. The number of halogens is 1. The minimum absolute atomic E-state index is 0.164. The van der Waals surface area contributed by atoms with E-state index in [9.17, 15) is 4.79 Å². The largest absolute Gasteiger partial charge is 0.329 e. The van der Waals surface area contributed by atoms with Gasteiger partial charge in [0.25, 0.3) is 5.91 Å². The lowest BCUT2D eigenvalue weighted by Crippen LogP contribution is -2.16. The summed E-state index contributed by atoms with van der Waals surface area (Å²) in [5.41, 5.74) is 1.33. The molecule has 0 saturated heterocycles. The van der Waals surface area contributed by atoms with Gasteiger partial charge < -0.3 is 5.32 Å². The number of nitrogens with one attached hydrogen (secondary N) is 1. The van der Waals surface area contributed by atoms with Crippen molar-refractivity contribution in [1.29, 1.82) is 0 Å². The molecule has 1 aromatic rings. The van der Waals surface area contributed by atoms with Crippen molar-refractivity contribution in [2.24, 2.45) is 0 Å². The standard InChI is InChI=1S/C9H7ClN2O/c10-8-2-4-12-9(13)7-5-11-3-1-6(7)8/h1-5,8H,(H,12,13). The lowest BCUT2D eigenvalue weighted by atomic mass is 10.1. The van der Waals surface area contributed by atoms with Crippen LogP contribution in [0.4, 0.5) is 0 Å². The predicted molar refractivity (Wildman–Crippen MR) is 49.4 cm³/mol. The topological polar surface area (TPSA) is 42.0 Å². The fourth-order valence-corrected chi connectivity index (χ4v) is 1.49. The maximum absolute atomic E-state index is 11.4. The molecule has 0 bridgehead atoms. The molecule has 0 radical (unpaired) electrons. The number of nitrogens with zero attached hydrogens (tertiary/aromatic N) is 1. The Hall–Kier alpha value is -1.35. The first-order valence-corrected chi connectivity index (χ1v) is 4.28. The summed E-state index contributed by atoms with van der Waals surface area (Å²) in [4.78, 5) is 15.3. The summed E-state index contributed by atoms with van der Waals surface area (Å²) >= 11 is 6.01. The van der Waals surface area contributed by atoms with Crippen LogP contribution >= 0.6 is 11.6 Å². The predicted octanol–water partition coefficient (Wildman–Crippen LogP) is 1.62. The second kappa shape index (κ2) is 3.18. The summed E-state index contributed by atoms with van der Waals surface area (Å²) in [6, 6.07) is 1.75. The Labute approximate surface area is 80.4 Å². The van der Waals surface area contributed by atoms with Crippen LogP contribution in [0.5, 0.6) is 0 Å². The fourth-order valence-electron chi connectivity index (χ4n) is 1.23. The maximum atomic E-state index is 11.4. The van der Waals surface area contributed by atoms with Gasteiger partial charge in [0.05, 0.1) is 10.9 Å². The van der Waals surface area contributed by atoms with Crippen LogP contribution in [0.25, 0.3) is 0 Å². The first-order chi connectivity index (χ1) is 6.29. The van der Waals surface area contributed by atoms with E-state index in [2.05, 4.69) is 10.3 Å². The molecule has 3 nitrogen and oxygen atoms in total. The molecule has 1 aromatic heterocycles. The van der Waals surface area contributed by atoms with E-state index in [0.717, 1.165) is 5.56 Å². The average molecular weight is 195 g/mol. The number of aromatic nitrogens is 1. The summed E-state index contributed by atoms with van der Waals surface area (Å²) in [7, 11) is 0. The van der Waals surface area contributed by atoms with Crippen molar-refractivity contribution >= 4 is 17.5 Å². The average Bonchev–Trinajstić information content (AvgIpc) is 2.29. The van der Waals surface area contributed by atoms with Gasteiger partial charge in [-0.1, -0.05) is 0 Å². The number of hydrogen-bond acceptors (Lipinski definition) is 2. The zero-order chi connectivity index (χ0) is 9.26. The summed E-state index contributed by atoms with van der Waals surface area (Å²) in [5.74, 6) is -0.164. The monoisotopic (exact) mass is 194 g/mol. The molecule has 1 unspecified atom stereocenters. The zero-order valence-electron chi connectivity index (χ0n) is 6.70. The van der Waals surface area contributed by atoms with Crippen LogP contribution in [0.15, 0.2) is 30.7 Å². The van der Waals surface area contributed by atoms with Gasteiger partial charge in [-0.3, -0.25) is 9.78 Å².